The maximum absolute atomic E-state index is 15.3. The molecule has 2 aromatic heterocycles. The Balaban J connectivity index is 1.41. The highest BCUT2D eigenvalue weighted by atomic mass is 19.4. The average molecular weight is 473 g/mol. The SMILES string of the molecule is O=C1[C@@H](C2CC2)C(c2c(F)cc(-n3ccc(C(F)(F)F)n3)cc2F)N1c1ccc2[nH]cnc2c1. The van der Waals surface area contributed by atoms with Gasteiger partial charge in [0.15, 0.2) is 5.69 Å². The van der Waals surface area contributed by atoms with Gasteiger partial charge in [0.25, 0.3) is 0 Å². The second-order valence-corrected chi connectivity index (χ2v) is 8.59. The van der Waals surface area contributed by atoms with Crippen molar-refractivity contribution >= 4 is 22.6 Å². The molecule has 1 amide bonds. The number of hydrogen-bond donors (Lipinski definition) is 1. The Hall–Kier alpha value is -3.76. The van der Waals surface area contributed by atoms with Crippen LogP contribution in [0.5, 0.6) is 0 Å². The van der Waals surface area contributed by atoms with Crippen LogP contribution < -0.4 is 4.90 Å². The molecule has 0 radical (unpaired) electrons. The van der Waals surface area contributed by atoms with Crippen LogP contribution >= 0.6 is 0 Å². The summed E-state index contributed by atoms with van der Waals surface area (Å²) in [6.45, 7) is 0. The number of aromatic amines is 1. The Morgan fingerprint density at radius 2 is 1.74 bits per heavy atom. The lowest BCUT2D eigenvalue weighted by Crippen LogP contribution is -2.56. The predicted octanol–water partition coefficient (Wildman–Crippen LogP) is 5.16. The van der Waals surface area contributed by atoms with E-state index < -0.39 is 35.5 Å². The highest BCUT2D eigenvalue weighted by molar-refractivity contribution is 6.04. The van der Waals surface area contributed by atoms with E-state index in [4.69, 9.17) is 0 Å². The molecule has 2 aromatic carbocycles. The number of carbonyl (C=O) groups excluding carboxylic acids is 1. The van der Waals surface area contributed by atoms with E-state index in [0.717, 1.165) is 47.4 Å². The van der Waals surface area contributed by atoms with Crippen molar-refractivity contribution in [1.29, 1.82) is 0 Å². The summed E-state index contributed by atoms with van der Waals surface area (Å²) >= 11 is 0. The standard InChI is InChI=1S/C23H16F5N5O/c24-14-7-13(32-6-5-18(31-32)23(26,27)28)8-15(25)20(14)21-19(11-1-2-11)22(34)33(21)12-3-4-16-17(9-12)30-10-29-16/h3-11,19,21H,1-2H2,(H,29,30)/t19-,21?/m0/s1. The van der Waals surface area contributed by atoms with E-state index in [9.17, 15) is 18.0 Å². The number of rotatable bonds is 4. The number of fused-ring (bicyclic) bond motifs is 1. The normalized spacial score (nSPS) is 20.7. The van der Waals surface area contributed by atoms with Crippen molar-refractivity contribution in [2.24, 2.45) is 11.8 Å². The molecule has 0 spiro atoms. The smallest absolute Gasteiger partial charge is 0.345 e. The molecule has 1 N–H and O–H groups in total. The zero-order chi connectivity index (χ0) is 23.8. The van der Waals surface area contributed by atoms with E-state index >= 15 is 8.78 Å². The number of imidazole rings is 1. The van der Waals surface area contributed by atoms with E-state index in [2.05, 4.69) is 15.1 Å². The number of H-pyrrole nitrogens is 1. The minimum atomic E-state index is -4.68. The summed E-state index contributed by atoms with van der Waals surface area (Å²) in [7, 11) is 0. The molecule has 2 aliphatic rings. The quantitative estimate of drug-likeness (QED) is 0.329. The fourth-order valence-corrected chi connectivity index (χ4v) is 4.70. The number of anilines is 1. The molecule has 2 atom stereocenters. The lowest BCUT2D eigenvalue weighted by atomic mass is 9.78. The maximum Gasteiger partial charge on any atom is 0.435 e. The van der Waals surface area contributed by atoms with E-state index in [1.807, 2.05) is 0 Å². The first-order valence-corrected chi connectivity index (χ1v) is 10.6. The van der Waals surface area contributed by atoms with Gasteiger partial charge in [0.2, 0.25) is 5.91 Å². The van der Waals surface area contributed by atoms with Gasteiger partial charge in [-0.3, -0.25) is 4.79 Å². The summed E-state index contributed by atoms with van der Waals surface area (Å²) in [5.41, 5.74) is 0.186. The monoisotopic (exact) mass is 473 g/mol. The number of nitrogens with zero attached hydrogens (tertiary/aromatic N) is 4. The van der Waals surface area contributed by atoms with E-state index in [0.29, 0.717) is 11.2 Å². The Morgan fingerprint density at radius 3 is 2.38 bits per heavy atom. The summed E-state index contributed by atoms with van der Waals surface area (Å²) in [6.07, 6.45) is -0.583. The second kappa shape index (κ2) is 7.12. The van der Waals surface area contributed by atoms with E-state index in [-0.39, 0.29) is 23.1 Å². The summed E-state index contributed by atoms with van der Waals surface area (Å²) in [4.78, 5) is 21.5. The Labute approximate surface area is 189 Å². The molecule has 174 valence electrons. The number of aromatic nitrogens is 4. The fraction of sp³-hybridized carbons (Fsp3) is 0.261. The third kappa shape index (κ3) is 3.17. The van der Waals surface area contributed by atoms with Crippen molar-refractivity contribution in [3.63, 3.8) is 0 Å². The predicted molar refractivity (Wildman–Crippen MR) is 111 cm³/mol. The van der Waals surface area contributed by atoms with Crippen LogP contribution in [0.1, 0.15) is 30.1 Å². The third-order valence-electron chi connectivity index (χ3n) is 6.46. The van der Waals surface area contributed by atoms with Gasteiger partial charge in [-0.05, 0) is 43.0 Å². The van der Waals surface area contributed by atoms with Crippen molar-refractivity contribution < 1.29 is 26.7 Å². The Kier molecular flexibility index (Phi) is 4.36. The number of alkyl halides is 3. The first-order chi connectivity index (χ1) is 16.2. The first-order valence-electron chi connectivity index (χ1n) is 10.6. The lowest BCUT2D eigenvalue weighted by molar-refractivity contribution is -0.141. The highest BCUT2D eigenvalue weighted by Crippen LogP contribution is 2.55. The fourth-order valence-electron chi connectivity index (χ4n) is 4.70. The largest absolute Gasteiger partial charge is 0.435 e. The zero-order valence-electron chi connectivity index (χ0n) is 17.4. The van der Waals surface area contributed by atoms with Crippen LogP contribution in [0, 0.1) is 23.5 Å². The number of nitrogens with one attached hydrogen (secondary N) is 1. The van der Waals surface area contributed by atoms with Gasteiger partial charge in [-0.15, -0.1) is 0 Å². The second-order valence-electron chi connectivity index (χ2n) is 8.59. The molecule has 11 heteroatoms. The third-order valence-corrected chi connectivity index (χ3v) is 6.46. The number of amides is 1. The Bertz CT molecular complexity index is 1410. The number of halogens is 5. The molecule has 1 saturated carbocycles. The molecule has 6 nitrogen and oxygen atoms in total. The number of carbonyl (C=O) groups is 1. The first kappa shape index (κ1) is 20.8. The average Bonchev–Trinajstić information content (AvgIpc) is 3.26. The van der Waals surface area contributed by atoms with Crippen molar-refractivity contribution in [1.82, 2.24) is 19.7 Å². The van der Waals surface area contributed by atoms with Crippen LogP contribution in [0.2, 0.25) is 0 Å². The van der Waals surface area contributed by atoms with Crippen molar-refractivity contribution in [2.45, 2.75) is 25.1 Å². The molecule has 1 aliphatic carbocycles. The lowest BCUT2D eigenvalue weighted by Gasteiger charge is -2.48. The van der Waals surface area contributed by atoms with Gasteiger partial charge in [0.1, 0.15) is 11.6 Å². The van der Waals surface area contributed by atoms with Gasteiger partial charge >= 0.3 is 6.18 Å². The van der Waals surface area contributed by atoms with E-state index in [1.54, 1.807) is 18.2 Å². The molecule has 0 bridgehead atoms. The topological polar surface area (TPSA) is 66.8 Å². The van der Waals surface area contributed by atoms with Gasteiger partial charge in [0.05, 0.1) is 35.0 Å². The highest BCUT2D eigenvalue weighted by Gasteiger charge is 2.56. The molecule has 1 unspecified atom stereocenters. The van der Waals surface area contributed by atoms with Crippen LogP contribution in [-0.2, 0) is 11.0 Å². The van der Waals surface area contributed by atoms with Crippen molar-refractivity contribution in [3.8, 4) is 5.69 Å². The van der Waals surface area contributed by atoms with Crippen LogP contribution in [0.4, 0.5) is 27.6 Å². The molecule has 1 aliphatic heterocycles. The molecule has 1 saturated heterocycles. The van der Waals surface area contributed by atoms with E-state index in [1.165, 1.54) is 11.2 Å². The molecule has 4 aromatic rings. The molecule has 2 fully saturated rings. The van der Waals surface area contributed by atoms with Gasteiger partial charge in [-0.25, -0.2) is 18.4 Å². The van der Waals surface area contributed by atoms with Crippen LogP contribution in [0.25, 0.3) is 16.7 Å². The molecular formula is C23H16F5N5O. The minimum absolute atomic E-state index is 0.0433. The molecule has 34 heavy (non-hydrogen) atoms. The van der Waals surface area contributed by atoms with Gasteiger partial charge in [-0.1, -0.05) is 0 Å². The summed E-state index contributed by atoms with van der Waals surface area (Å²) in [5.74, 6) is -2.64. The molecule has 6 rings (SSSR count). The van der Waals surface area contributed by atoms with Crippen molar-refractivity contribution in [2.75, 3.05) is 4.90 Å². The number of β-lactam (4-membered cyclic amide) rings is 1. The van der Waals surface area contributed by atoms with Crippen LogP contribution in [-0.4, -0.2) is 25.7 Å². The van der Waals surface area contributed by atoms with Crippen molar-refractivity contribution in [3.05, 3.63) is 71.8 Å². The van der Waals surface area contributed by atoms with Gasteiger partial charge in [-0.2, -0.15) is 18.3 Å². The van der Waals surface area contributed by atoms with Gasteiger partial charge in [0, 0.05) is 29.6 Å². The Morgan fingerprint density at radius 1 is 1.00 bits per heavy atom. The summed E-state index contributed by atoms with van der Waals surface area (Å²) < 4.78 is 70.0. The van der Waals surface area contributed by atoms with Crippen LogP contribution in [0.3, 0.4) is 0 Å². The maximum atomic E-state index is 15.3. The van der Waals surface area contributed by atoms with Crippen LogP contribution in [0.15, 0.2) is 48.9 Å². The summed E-state index contributed by atoms with van der Waals surface area (Å²) in [5, 5.41) is 3.38. The molecular weight excluding hydrogens is 457 g/mol. The number of hydrogen-bond acceptors (Lipinski definition) is 3. The number of benzene rings is 2. The minimum Gasteiger partial charge on any atom is -0.345 e. The zero-order valence-corrected chi connectivity index (χ0v) is 17.4. The molecule has 3 heterocycles. The van der Waals surface area contributed by atoms with Gasteiger partial charge < -0.3 is 9.88 Å². The summed E-state index contributed by atoms with van der Waals surface area (Å²) in [6, 6.07) is 6.82.